The molecule has 0 fully saturated rings. The second kappa shape index (κ2) is 7.39. The number of aliphatic hydroxyl groups excluding tert-OH is 1. The molecule has 19 heavy (non-hydrogen) atoms. The Morgan fingerprint density at radius 2 is 2.21 bits per heavy atom. The summed E-state index contributed by atoms with van der Waals surface area (Å²) in [5.74, 6) is 0. The number of nitrogens with one attached hydrogen (secondary N) is 1. The van der Waals surface area contributed by atoms with E-state index >= 15 is 0 Å². The van der Waals surface area contributed by atoms with Gasteiger partial charge < -0.3 is 15.3 Å². The largest absolute Gasteiger partial charge is 0.395 e. The molecule has 0 aromatic heterocycles. The van der Waals surface area contributed by atoms with Gasteiger partial charge in [0.25, 0.3) is 0 Å². The highest BCUT2D eigenvalue weighted by molar-refractivity contribution is 5.90. The number of carbonyl (C=O) groups excluding carboxylic acids is 1. The molecule has 0 spiro atoms. The lowest BCUT2D eigenvalue weighted by atomic mass is 10.1. The first-order chi connectivity index (χ1) is 9.12. The predicted octanol–water partition coefficient (Wildman–Crippen LogP) is 2.10. The van der Waals surface area contributed by atoms with Gasteiger partial charge in [-0.3, -0.25) is 0 Å². The Kier molecular flexibility index (Phi) is 5.83. The Labute approximate surface area is 113 Å². The topological polar surface area (TPSA) is 76.4 Å². The first-order valence-corrected chi connectivity index (χ1v) is 6.30. The number of anilines is 1. The molecule has 0 atom stereocenters. The van der Waals surface area contributed by atoms with Crippen LogP contribution < -0.4 is 5.32 Å². The highest BCUT2D eigenvalue weighted by atomic mass is 16.3. The average molecular weight is 261 g/mol. The van der Waals surface area contributed by atoms with Gasteiger partial charge in [0.2, 0.25) is 0 Å². The number of benzene rings is 1. The van der Waals surface area contributed by atoms with Gasteiger partial charge in [-0.1, -0.05) is 13.0 Å². The van der Waals surface area contributed by atoms with Crippen molar-refractivity contribution < 1.29 is 9.90 Å². The van der Waals surface area contributed by atoms with Crippen molar-refractivity contribution in [1.29, 1.82) is 5.26 Å². The van der Waals surface area contributed by atoms with E-state index in [4.69, 9.17) is 10.4 Å². The first-order valence-electron chi connectivity index (χ1n) is 6.30. The highest BCUT2D eigenvalue weighted by Gasteiger charge is 2.13. The van der Waals surface area contributed by atoms with E-state index in [0.29, 0.717) is 24.3 Å². The molecule has 0 bridgehead atoms. The second-order valence-corrected chi connectivity index (χ2v) is 4.28. The number of hydrogen-bond acceptors (Lipinski definition) is 3. The van der Waals surface area contributed by atoms with E-state index in [9.17, 15) is 4.79 Å². The minimum atomic E-state index is -0.255. The summed E-state index contributed by atoms with van der Waals surface area (Å²) < 4.78 is 0. The number of carbonyl (C=O) groups is 1. The summed E-state index contributed by atoms with van der Waals surface area (Å²) in [6.07, 6.45) is 0.824. The number of nitriles is 1. The van der Waals surface area contributed by atoms with Crippen LogP contribution in [0.5, 0.6) is 0 Å². The monoisotopic (exact) mass is 261 g/mol. The van der Waals surface area contributed by atoms with Crippen LogP contribution in [0.3, 0.4) is 0 Å². The van der Waals surface area contributed by atoms with Gasteiger partial charge in [0, 0.05) is 18.8 Å². The highest BCUT2D eigenvalue weighted by Crippen LogP contribution is 2.17. The number of nitrogens with zero attached hydrogens (tertiary/aromatic N) is 2. The maximum Gasteiger partial charge on any atom is 0.321 e. The molecule has 0 aliphatic carbocycles. The van der Waals surface area contributed by atoms with Gasteiger partial charge in [0.05, 0.1) is 18.2 Å². The third-order valence-corrected chi connectivity index (χ3v) is 2.76. The number of aliphatic hydroxyl groups is 1. The van der Waals surface area contributed by atoms with Crippen molar-refractivity contribution in [3.63, 3.8) is 0 Å². The van der Waals surface area contributed by atoms with Crippen molar-refractivity contribution in [2.45, 2.75) is 20.3 Å². The minimum Gasteiger partial charge on any atom is -0.395 e. The number of hydrogen-bond donors (Lipinski definition) is 2. The van der Waals surface area contributed by atoms with Crippen molar-refractivity contribution in [2.24, 2.45) is 0 Å². The molecule has 1 rings (SSSR count). The summed E-state index contributed by atoms with van der Waals surface area (Å²) >= 11 is 0. The Balaban J connectivity index is 2.82. The van der Waals surface area contributed by atoms with Crippen LogP contribution in [0.15, 0.2) is 18.2 Å². The van der Waals surface area contributed by atoms with Crippen LogP contribution in [0.1, 0.15) is 24.5 Å². The maximum absolute atomic E-state index is 12.1. The molecule has 0 unspecified atom stereocenters. The van der Waals surface area contributed by atoms with E-state index in [0.717, 1.165) is 12.0 Å². The molecule has 5 heteroatoms. The third kappa shape index (κ3) is 4.27. The molecule has 2 N–H and O–H groups in total. The van der Waals surface area contributed by atoms with Crippen molar-refractivity contribution in [3.05, 3.63) is 29.3 Å². The van der Waals surface area contributed by atoms with Crippen LogP contribution in [0, 0.1) is 18.3 Å². The quantitative estimate of drug-likeness (QED) is 0.852. The second-order valence-electron chi connectivity index (χ2n) is 4.28. The molecular weight excluding hydrogens is 242 g/mol. The van der Waals surface area contributed by atoms with E-state index in [-0.39, 0.29) is 12.6 Å². The smallest absolute Gasteiger partial charge is 0.321 e. The van der Waals surface area contributed by atoms with Gasteiger partial charge >= 0.3 is 6.03 Å². The fourth-order valence-corrected chi connectivity index (χ4v) is 1.73. The fourth-order valence-electron chi connectivity index (χ4n) is 1.73. The maximum atomic E-state index is 12.1. The zero-order chi connectivity index (χ0) is 14.3. The standard InChI is InChI=1S/C14H19N3O2/c1-3-6-17(7-8-18)14(19)16-13-9-12(10-15)5-4-11(13)2/h4-5,9,18H,3,6-8H2,1-2H3,(H,16,19). The Hall–Kier alpha value is -2.06. The number of amides is 2. The summed E-state index contributed by atoms with van der Waals surface area (Å²) in [4.78, 5) is 13.6. The van der Waals surface area contributed by atoms with Gasteiger partial charge in [0.1, 0.15) is 0 Å². The van der Waals surface area contributed by atoms with E-state index in [1.807, 2.05) is 19.9 Å². The van der Waals surface area contributed by atoms with Crippen molar-refractivity contribution >= 4 is 11.7 Å². The third-order valence-electron chi connectivity index (χ3n) is 2.76. The number of urea groups is 1. The molecule has 0 aliphatic heterocycles. The Morgan fingerprint density at radius 3 is 2.79 bits per heavy atom. The number of rotatable bonds is 5. The van der Waals surface area contributed by atoms with E-state index in [1.54, 1.807) is 23.1 Å². The van der Waals surface area contributed by atoms with Crippen molar-refractivity contribution in [1.82, 2.24) is 4.90 Å². The lowest BCUT2D eigenvalue weighted by Crippen LogP contribution is -2.37. The van der Waals surface area contributed by atoms with Gasteiger partial charge in [0.15, 0.2) is 0 Å². The van der Waals surface area contributed by atoms with Crippen LogP contribution in [0.4, 0.5) is 10.5 Å². The van der Waals surface area contributed by atoms with Crippen LogP contribution in [0.25, 0.3) is 0 Å². The molecule has 5 nitrogen and oxygen atoms in total. The predicted molar refractivity (Wildman–Crippen MR) is 73.9 cm³/mol. The Morgan fingerprint density at radius 1 is 1.47 bits per heavy atom. The van der Waals surface area contributed by atoms with Crippen molar-refractivity contribution in [3.8, 4) is 6.07 Å². The van der Waals surface area contributed by atoms with Crippen LogP contribution in [-0.4, -0.2) is 35.7 Å². The number of aryl methyl sites for hydroxylation is 1. The van der Waals surface area contributed by atoms with Crippen LogP contribution in [-0.2, 0) is 0 Å². The van der Waals surface area contributed by atoms with Crippen LogP contribution >= 0.6 is 0 Å². The summed E-state index contributed by atoms with van der Waals surface area (Å²) in [6, 6.07) is 6.94. The van der Waals surface area contributed by atoms with E-state index in [2.05, 4.69) is 5.32 Å². The molecule has 102 valence electrons. The fraction of sp³-hybridized carbons (Fsp3) is 0.429. The van der Waals surface area contributed by atoms with Crippen LogP contribution in [0.2, 0.25) is 0 Å². The molecular formula is C14H19N3O2. The molecule has 1 aromatic carbocycles. The lowest BCUT2D eigenvalue weighted by molar-refractivity contribution is 0.188. The van der Waals surface area contributed by atoms with Gasteiger partial charge in [-0.15, -0.1) is 0 Å². The molecule has 2 amide bonds. The van der Waals surface area contributed by atoms with Gasteiger partial charge in [-0.25, -0.2) is 4.79 Å². The van der Waals surface area contributed by atoms with Crippen molar-refractivity contribution in [2.75, 3.05) is 25.0 Å². The Bertz CT molecular complexity index is 474. The zero-order valence-electron chi connectivity index (χ0n) is 11.3. The molecule has 0 saturated heterocycles. The molecule has 0 aliphatic rings. The molecule has 0 radical (unpaired) electrons. The van der Waals surface area contributed by atoms with E-state index < -0.39 is 0 Å². The van der Waals surface area contributed by atoms with Gasteiger partial charge in [-0.2, -0.15) is 5.26 Å². The first kappa shape index (κ1) is 15.0. The minimum absolute atomic E-state index is 0.0648. The van der Waals surface area contributed by atoms with Gasteiger partial charge in [-0.05, 0) is 31.0 Å². The molecule has 0 saturated carbocycles. The average Bonchev–Trinajstić information content (AvgIpc) is 2.41. The zero-order valence-corrected chi connectivity index (χ0v) is 11.3. The lowest BCUT2D eigenvalue weighted by Gasteiger charge is -2.22. The molecule has 1 aromatic rings. The summed E-state index contributed by atoms with van der Waals surface area (Å²) in [7, 11) is 0. The SMILES string of the molecule is CCCN(CCO)C(=O)Nc1cc(C#N)ccc1C. The summed E-state index contributed by atoms with van der Waals surface area (Å²) in [6.45, 7) is 4.66. The molecule has 0 heterocycles. The van der Waals surface area contributed by atoms with E-state index in [1.165, 1.54) is 0 Å². The summed E-state index contributed by atoms with van der Waals surface area (Å²) in [5.41, 5.74) is 2.03. The summed E-state index contributed by atoms with van der Waals surface area (Å²) in [5, 5.41) is 20.6. The normalized spacial score (nSPS) is 9.79.